The Kier molecular flexibility index (Phi) is 10.1. The van der Waals surface area contributed by atoms with Gasteiger partial charge in [0.1, 0.15) is 24.7 Å². The number of nitrogens with zero attached hydrogens (tertiary/aromatic N) is 1. The van der Waals surface area contributed by atoms with Crippen molar-refractivity contribution in [2.75, 3.05) is 13.2 Å². The minimum atomic E-state index is -1.13. The van der Waals surface area contributed by atoms with Gasteiger partial charge in [-0.25, -0.2) is 9.59 Å². The molecule has 4 N–H and O–H groups in total. The number of benzene rings is 2. The molecular weight excluding hydrogens is 552 g/mol. The zero-order valence-electron chi connectivity index (χ0n) is 25.0. The molecule has 4 rings (SSSR count). The van der Waals surface area contributed by atoms with Gasteiger partial charge >= 0.3 is 12.1 Å². The summed E-state index contributed by atoms with van der Waals surface area (Å²) in [4.78, 5) is 63.8. The summed E-state index contributed by atoms with van der Waals surface area (Å²) in [5, 5.41) is 17.3. The molecule has 4 amide bonds. The fraction of sp³-hybridized carbons (Fsp3) is 0.469. The Bertz CT molecular complexity index is 1330. The third-order valence-electron chi connectivity index (χ3n) is 8.02. The fourth-order valence-electron chi connectivity index (χ4n) is 5.95. The number of alkyl carbamates (subject to hydrolysis) is 1. The number of hydrogen-bond acceptors (Lipinski definition) is 6. The lowest BCUT2D eigenvalue weighted by Crippen LogP contribution is -2.54. The van der Waals surface area contributed by atoms with Gasteiger partial charge in [-0.05, 0) is 54.9 Å². The van der Waals surface area contributed by atoms with Crippen molar-refractivity contribution in [2.24, 2.45) is 5.92 Å². The molecule has 1 saturated heterocycles. The number of rotatable bonds is 12. The smallest absolute Gasteiger partial charge is 0.407 e. The first-order valence-corrected chi connectivity index (χ1v) is 14.7. The Hall–Kier alpha value is -4.41. The number of nitrogens with one attached hydrogen (secondary N) is 3. The van der Waals surface area contributed by atoms with Gasteiger partial charge in [-0.3, -0.25) is 14.4 Å². The fourth-order valence-corrected chi connectivity index (χ4v) is 5.95. The molecule has 1 aliphatic carbocycles. The molecule has 11 heteroatoms. The predicted octanol–water partition coefficient (Wildman–Crippen LogP) is 3.02. The van der Waals surface area contributed by atoms with E-state index in [1.807, 2.05) is 50.2 Å². The maximum absolute atomic E-state index is 13.1. The van der Waals surface area contributed by atoms with E-state index in [4.69, 9.17) is 4.74 Å². The van der Waals surface area contributed by atoms with Crippen molar-refractivity contribution >= 4 is 29.8 Å². The molecule has 11 nitrogen and oxygen atoms in total. The summed E-state index contributed by atoms with van der Waals surface area (Å²) in [7, 11) is 0. The molecule has 43 heavy (non-hydrogen) atoms. The van der Waals surface area contributed by atoms with Crippen LogP contribution in [0.5, 0.6) is 0 Å². The van der Waals surface area contributed by atoms with Crippen LogP contribution in [0.25, 0.3) is 11.1 Å². The molecule has 2 aliphatic rings. The Labute approximate surface area is 251 Å². The second kappa shape index (κ2) is 13.7. The summed E-state index contributed by atoms with van der Waals surface area (Å²) >= 11 is 0. The molecule has 2 aromatic carbocycles. The number of ether oxygens (including phenoxy) is 1. The first kappa shape index (κ1) is 31.5. The van der Waals surface area contributed by atoms with Crippen LogP contribution < -0.4 is 16.0 Å². The van der Waals surface area contributed by atoms with E-state index in [9.17, 15) is 29.1 Å². The number of hydrogen-bond donors (Lipinski definition) is 4. The van der Waals surface area contributed by atoms with Crippen molar-refractivity contribution in [3.63, 3.8) is 0 Å². The Morgan fingerprint density at radius 1 is 1.00 bits per heavy atom. The van der Waals surface area contributed by atoms with Crippen molar-refractivity contribution in [1.82, 2.24) is 20.9 Å². The van der Waals surface area contributed by atoms with Gasteiger partial charge < -0.3 is 30.7 Å². The second-order valence-corrected chi connectivity index (χ2v) is 11.7. The van der Waals surface area contributed by atoms with Crippen LogP contribution in [0.4, 0.5) is 4.79 Å². The summed E-state index contributed by atoms with van der Waals surface area (Å²) in [5.74, 6) is -2.55. The van der Waals surface area contributed by atoms with Crippen LogP contribution >= 0.6 is 0 Å². The van der Waals surface area contributed by atoms with Crippen LogP contribution in [-0.2, 0) is 23.9 Å². The number of carbonyl (C=O) groups excluding carboxylic acids is 4. The minimum absolute atomic E-state index is 0.0217. The lowest BCUT2D eigenvalue weighted by molar-refractivity contribution is -0.144. The van der Waals surface area contributed by atoms with Gasteiger partial charge in [0.2, 0.25) is 17.7 Å². The van der Waals surface area contributed by atoms with Crippen molar-refractivity contribution in [3.05, 3.63) is 59.7 Å². The number of carboxylic acid groups (broad SMARTS) is 1. The number of amides is 4. The van der Waals surface area contributed by atoms with E-state index < -0.39 is 47.9 Å². The maximum Gasteiger partial charge on any atom is 0.407 e. The van der Waals surface area contributed by atoms with Crippen LogP contribution in [0, 0.1) is 5.92 Å². The topological polar surface area (TPSA) is 154 Å². The van der Waals surface area contributed by atoms with Gasteiger partial charge in [0, 0.05) is 24.9 Å². The molecule has 4 atom stereocenters. The lowest BCUT2D eigenvalue weighted by Gasteiger charge is -2.29. The normalized spacial score (nSPS) is 18.9. The Balaban J connectivity index is 1.22. The van der Waals surface area contributed by atoms with Crippen LogP contribution in [0.3, 0.4) is 0 Å². The van der Waals surface area contributed by atoms with E-state index >= 15 is 0 Å². The molecule has 1 fully saturated rings. The largest absolute Gasteiger partial charge is 0.480 e. The molecule has 0 spiro atoms. The van der Waals surface area contributed by atoms with Crippen molar-refractivity contribution in [1.29, 1.82) is 0 Å². The van der Waals surface area contributed by atoms with E-state index in [0.29, 0.717) is 6.42 Å². The second-order valence-electron chi connectivity index (χ2n) is 11.7. The van der Waals surface area contributed by atoms with E-state index in [-0.39, 0.29) is 43.9 Å². The average Bonchev–Trinajstić information content (AvgIpc) is 3.43. The number of carbonyl (C=O) groups is 5. The van der Waals surface area contributed by atoms with E-state index in [1.54, 1.807) is 13.8 Å². The zero-order chi connectivity index (χ0) is 31.3. The van der Waals surface area contributed by atoms with E-state index in [2.05, 4.69) is 28.1 Å². The molecule has 1 heterocycles. The van der Waals surface area contributed by atoms with Crippen LogP contribution in [0.2, 0.25) is 0 Å². The van der Waals surface area contributed by atoms with Gasteiger partial charge in [-0.2, -0.15) is 0 Å². The van der Waals surface area contributed by atoms with Crippen molar-refractivity contribution < 1.29 is 33.8 Å². The van der Waals surface area contributed by atoms with Gasteiger partial charge in [-0.15, -0.1) is 0 Å². The SMILES string of the molecule is CC(C)C[C@H](NC(=O)[C@H](C)N1C(=O)[C@@H](NC(=O)CCNC(=O)OCC2c3ccccc3-c3ccccc32)CC1C)C(=O)O. The van der Waals surface area contributed by atoms with Crippen LogP contribution in [-0.4, -0.2) is 77.1 Å². The number of aliphatic carboxylic acids is 1. The zero-order valence-corrected chi connectivity index (χ0v) is 25.0. The molecule has 2 aromatic rings. The van der Waals surface area contributed by atoms with Gasteiger partial charge in [0.15, 0.2) is 0 Å². The van der Waals surface area contributed by atoms with E-state index in [1.165, 1.54) is 4.90 Å². The quantitative estimate of drug-likeness (QED) is 0.295. The average molecular weight is 593 g/mol. The first-order chi connectivity index (χ1) is 20.5. The lowest BCUT2D eigenvalue weighted by atomic mass is 9.98. The molecule has 0 radical (unpaired) electrons. The van der Waals surface area contributed by atoms with Crippen LogP contribution in [0.1, 0.15) is 64.0 Å². The van der Waals surface area contributed by atoms with Crippen LogP contribution in [0.15, 0.2) is 48.5 Å². The van der Waals surface area contributed by atoms with Gasteiger partial charge in [-0.1, -0.05) is 62.4 Å². The van der Waals surface area contributed by atoms with Crippen molar-refractivity contribution in [3.8, 4) is 11.1 Å². The molecule has 0 bridgehead atoms. The Morgan fingerprint density at radius 2 is 1.60 bits per heavy atom. The molecule has 0 saturated carbocycles. The highest BCUT2D eigenvalue weighted by atomic mass is 16.5. The molecule has 1 aliphatic heterocycles. The number of likely N-dealkylation sites (tertiary alicyclic amines) is 1. The highest BCUT2D eigenvalue weighted by Gasteiger charge is 2.42. The predicted molar refractivity (Wildman–Crippen MR) is 159 cm³/mol. The Morgan fingerprint density at radius 3 is 2.19 bits per heavy atom. The highest BCUT2D eigenvalue weighted by Crippen LogP contribution is 2.44. The number of fused-ring (bicyclic) bond motifs is 3. The monoisotopic (exact) mass is 592 g/mol. The minimum Gasteiger partial charge on any atom is -0.480 e. The third kappa shape index (κ3) is 7.33. The van der Waals surface area contributed by atoms with Gasteiger partial charge in [0.25, 0.3) is 0 Å². The first-order valence-electron chi connectivity index (χ1n) is 14.7. The summed E-state index contributed by atoms with van der Waals surface area (Å²) in [6, 6.07) is 12.9. The van der Waals surface area contributed by atoms with Crippen molar-refractivity contribution in [2.45, 2.75) is 77.0 Å². The maximum atomic E-state index is 13.1. The summed E-state index contributed by atoms with van der Waals surface area (Å²) < 4.78 is 5.49. The molecule has 230 valence electrons. The summed E-state index contributed by atoms with van der Waals surface area (Å²) in [6.07, 6.45) is -0.132. The molecular formula is C32H40N4O7. The highest BCUT2D eigenvalue weighted by molar-refractivity contribution is 5.94. The standard InChI is InChI=1S/C32H40N4O7/c1-18(2)15-27(31(40)41)35-29(38)20(4)36-19(3)16-26(30(36)39)34-28(37)13-14-33-32(42)43-17-25-23-11-7-5-9-21(23)22-10-6-8-12-24(22)25/h5-12,18-20,25-27H,13-17H2,1-4H3,(H,33,42)(H,34,37)(H,35,38)(H,40,41)/t19?,20-,26-,27-/m0/s1. The molecule has 0 aromatic heterocycles. The molecule has 1 unspecified atom stereocenters. The number of carboxylic acids is 1. The summed E-state index contributed by atoms with van der Waals surface area (Å²) in [6.45, 7) is 7.22. The third-order valence-corrected chi connectivity index (χ3v) is 8.02. The summed E-state index contributed by atoms with van der Waals surface area (Å²) in [5.41, 5.74) is 4.46. The van der Waals surface area contributed by atoms with Gasteiger partial charge in [0.05, 0.1) is 0 Å². The van der Waals surface area contributed by atoms with E-state index in [0.717, 1.165) is 22.3 Å².